The number of nitrogens with one attached hydrogen (secondary N) is 2. The maximum absolute atomic E-state index is 13.9. The first-order valence-electron chi connectivity index (χ1n) is 14.5. The number of fused-ring (bicyclic) bond motifs is 1. The van der Waals surface area contributed by atoms with E-state index in [1.54, 1.807) is 7.11 Å². The number of carbonyl (C=O) groups excluding carboxylic acids is 2. The Morgan fingerprint density at radius 3 is 2.30 bits per heavy atom. The van der Waals surface area contributed by atoms with Gasteiger partial charge in [-0.15, -0.1) is 0 Å². The molecule has 1 heterocycles. The first-order valence-corrected chi connectivity index (χ1v) is 14.5. The summed E-state index contributed by atoms with van der Waals surface area (Å²) in [5, 5.41) is 6.32. The van der Waals surface area contributed by atoms with Crippen LogP contribution in [0.2, 0.25) is 0 Å². The Kier molecular flexibility index (Phi) is 9.31. The minimum Gasteiger partial charge on any atom is -0.497 e. The summed E-state index contributed by atoms with van der Waals surface area (Å²) in [5.74, 6) is 0.292. The van der Waals surface area contributed by atoms with Crippen LogP contribution in [0.25, 0.3) is 0 Å². The number of amides is 2. The van der Waals surface area contributed by atoms with Gasteiger partial charge in [0.15, 0.2) is 0 Å². The average Bonchev–Trinajstić information content (AvgIpc) is 3.13. The van der Waals surface area contributed by atoms with Crippen molar-refractivity contribution in [2.45, 2.75) is 96.8 Å². The molecule has 8 heteroatoms. The van der Waals surface area contributed by atoms with Crippen LogP contribution in [-0.2, 0) is 38.2 Å². The van der Waals surface area contributed by atoms with E-state index in [2.05, 4.69) is 30.5 Å². The van der Waals surface area contributed by atoms with Crippen LogP contribution in [0.4, 0.5) is 0 Å². The molecule has 1 fully saturated rings. The van der Waals surface area contributed by atoms with Crippen molar-refractivity contribution in [3.63, 3.8) is 0 Å². The van der Waals surface area contributed by atoms with E-state index in [9.17, 15) is 9.59 Å². The fourth-order valence-corrected chi connectivity index (χ4v) is 5.51. The number of rotatable bonds is 10. The molecule has 7 nitrogen and oxygen atoms in total. The molecule has 40 heavy (non-hydrogen) atoms. The molecule has 0 bridgehead atoms. The summed E-state index contributed by atoms with van der Waals surface area (Å²) in [6.45, 7) is 12.3. The monoisotopic (exact) mass is 548 g/mol. The highest BCUT2D eigenvalue weighted by Crippen LogP contribution is 2.38. The van der Waals surface area contributed by atoms with Gasteiger partial charge in [0, 0.05) is 12.3 Å². The molecule has 0 aromatic heterocycles. The zero-order valence-electron chi connectivity index (χ0n) is 25.1. The van der Waals surface area contributed by atoms with Crippen molar-refractivity contribution in [1.82, 2.24) is 10.6 Å². The molecule has 0 saturated carbocycles. The van der Waals surface area contributed by atoms with Crippen molar-refractivity contribution >= 4 is 18.9 Å². The van der Waals surface area contributed by atoms with Gasteiger partial charge in [0.25, 0.3) is 0 Å². The number of hydrogen-bond donors (Lipinski definition) is 2. The third kappa shape index (κ3) is 7.08. The number of carbonyl (C=O) groups is 2. The summed E-state index contributed by atoms with van der Waals surface area (Å²) in [6.07, 6.45) is 3.27. The molecule has 2 aromatic rings. The number of hydrogen-bond acceptors (Lipinski definition) is 5. The second-order valence-corrected chi connectivity index (χ2v) is 12.7. The molecule has 2 N–H and O–H groups in total. The van der Waals surface area contributed by atoms with Crippen molar-refractivity contribution in [2.24, 2.45) is 11.8 Å². The second-order valence-electron chi connectivity index (χ2n) is 12.7. The molecule has 2 aromatic carbocycles. The average molecular weight is 549 g/mol. The molecule has 2 aliphatic rings. The van der Waals surface area contributed by atoms with E-state index < -0.39 is 24.4 Å². The SMILES string of the molecule is COc1ccc2c(c1)CCC(C(=O)N[C@@H](Cc1ccccc1)C(=O)NC(CC(C)C)B1OC(C)(C)C(C)(C)O1)C2. The van der Waals surface area contributed by atoms with Crippen LogP contribution in [0.15, 0.2) is 48.5 Å². The maximum atomic E-state index is 13.9. The Morgan fingerprint density at radius 2 is 1.68 bits per heavy atom. The molecule has 0 radical (unpaired) electrons. The minimum absolute atomic E-state index is 0.0893. The van der Waals surface area contributed by atoms with Crippen molar-refractivity contribution in [3.8, 4) is 5.75 Å². The zero-order valence-corrected chi connectivity index (χ0v) is 25.1. The molecule has 3 atom stereocenters. The fourth-order valence-electron chi connectivity index (χ4n) is 5.51. The molecule has 1 aliphatic carbocycles. The molecule has 216 valence electrons. The smallest absolute Gasteiger partial charge is 0.481 e. The molecule has 0 spiro atoms. The number of ether oxygens (including phenoxy) is 1. The lowest BCUT2D eigenvalue weighted by atomic mass is 9.73. The van der Waals surface area contributed by atoms with Gasteiger partial charge in [-0.3, -0.25) is 9.59 Å². The van der Waals surface area contributed by atoms with Crippen LogP contribution in [0.5, 0.6) is 5.75 Å². The lowest BCUT2D eigenvalue weighted by molar-refractivity contribution is -0.131. The standard InChI is InChI=1S/C32H45BN2O5/c1-21(2)17-28(33-39-31(3,4)32(5,6)40-33)35-30(37)27(18-22-11-9-8-10-12-22)34-29(36)25-14-13-24-20-26(38-7)16-15-23(24)19-25/h8-12,15-16,20-21,25,27-28H,13-14,17-19H2,1-7H3,(H,34,36)(H,35,37)/t25?,27-,28?/m0/s1. The summed E-state index contributed by atoms with van der Waals surface area (Å²) >= 11 is 0. The summed E-state index contributed by atoms with van der Waals surface area (Å²) < 4.78 is 18.0. The van der Waals surface area contributed by atoms with Gasteiger partial charge in [0.2, 0.25) is 11.8 Å². The van der Waals surface area contributed by atoms with Crippen LogP contribution >= 0.6 is 0 Å². The van der Waals surface area contributed by atoms with E-state index in [1.807, 2.05) is 70.2 Å². The van der Waals surface area contributed by atoms with Crippen LogP contribution in [0, 0.1) is 11.8 Å². The van der Waals surface area contributed by atoms with Crippen molar-refractivity contribution in [2.75, 3.05) is 7.11 Å². The van der Waals surface area contributed by atoms with E-state index in [0.717, 1.165) is 29.7 Å². The molecular formula is C32H45BN2O5. The highest BCUT2D eigenvalue weighted by molar-refractivity contribution is 6.48. The summed E-state index contributed by atoms with van der Waals surface area (Å²) in [4.78, 5) is 27.4. The van der Waals surface area contributed by atoms with Gasteiger partial charge in [-0.2, -0.15) is 0 Å². The van der Waals surface area contributed by atoms with Crippen molar-refractivity contribution < 1.29 is 23.6 Å². The largest absolute Gasteiger partial charge is 0.497 e. The van der Waals surface area contributed by atoms with Crippen molar-refractivity contribution in [3.05, 3.63) is 65.2 Å². The lowest BCUT2D eigenvalue weighted by Crippen LogP contribution is -2.56. The van der Waals surface area contributed by atoms with E-state index in [0.29, 0.717) is 25.2 Å². The van der Waals surface area contributed by atoms with Gasteiger partial charge in [0.1, 0.15) is 11.8 Å². The van der Waals surface area contributed by atoms with Gasteiger partial charge < -0.3 is 24.7 Å². The van der Waals surface area contributed by atoms with Crippen LogP contribution in [-0.4, -0.2) is 49.2 Å². The summed E-state index contributed by atoms with van der Waals surface area (Å²) in [5.41, 5.74) is 2.36. The minimum atomic E-state index is -0.718. The molecule has 1 saturated heterocycles. The Hall–Kier alpha value is -2.84. The number of benzene rings is 2. The number of aryl methyl sites for hydroxylation is 1. The molecule has 4 rings (SSSR count). The normalized spacial score (nSPS) is 20.9. The van der Waals surface area contributed by atoms with E-state index >= 15 is 0 Å². The van der Waals surface area contributed by atoms with Gasteiger partial charge >= 0.3 is 7.12 Å². The summed E-state index contributed by atoms with van der Waals surface area (Å²) in [7, 11) is 1.09. The second kappa shape index (κ2) is 12.4. The first kappa shape index (κ1) is 30.1. The van der Waals surface area contributed by atoms with E-state index in [-0.39, 0.29) is 23.7 Å². The molecule has 2 unspecified atom stereocenters. The summed E-state index contributed by atoms with van der Waals surface area (Å²) in [6, 6.07) is 15.1. The highest BCUT2D eigenvalue weighted by Gasteiger charge is 2.54. The van der Waals surface area contributed by atoms with Gasteiger partial charge in [-0.05, 0) is 88.1 Å². The number of methoxy groups -OCH3 is 1. The topological polar surface area (TPSA) is 85.9 Å². The zero-order chi connectivity index (χ0) is 29.1. The Balaban J connectivity index is 1.50. The van der Waals surface area contributed by atoms with E-state index in [4.69, 9.17) is 14.0 Å². The third-order valence-corrected chi connectivity index (χ3v) is 8.58. The molecule has 2 amide bonds. The predicted molar refractivity (Wildman–Crippen MR) is 158 cm³/mol. The van der Waals surface area contributed by atoms with Crippen molar-refractivity contribution in [1.29, 1.82) is 0 Å². The predicted octanol–water partition coefficient (Wildman–Crippen LogP) is 4.69. The van der Waals surface area contributed by atoms with Crippen LogP contribution < -0.4 is 15.4 Å². The first-order chi connectivity index (χ1) is 18.9. The molecule has 1 aliphatic heterocycles. The van der Waals surface area contributed by atoms with Crippen LogP contribution in [0.1, 0.15) is 71.1 Å². The van der Waals surface area contributed by atoms with Gasteiger partial charge in [0.05, 0.1) is 24.3 Å². The Labute approximate surface area is 239 Å². The molecular weight excluding hydrogens is 503 g/mol. The fraction of sp³-hybridized carbons (Fsp3) is 0.562. The highest BCUT2D eigenvalue weighted by atomic mass is 16.7. The Morgan fingerprint density at radius 1 is 1.00 bits per heavy atom. The third-order valence-electron chi connectivity index (χ3n) is 8.58. The van der Waals surface area contributed by atoms with Gasteiger partial charge in [-0.25, -0.2) is 0 Å². The van der Waals surface area contributed by atoms with E-state index in [1.165, 1.54) is 5.56 Å². The Bertz CT molecular complexity index is 1170. The van der Waals surface area contributed by atoms with Crippen LogP contribution in [0.3, 0.4) is 0 Å². The quantitative estimate of drug-likeness (QED) is 0.421. The lowest BCUT2D eigenvalue weighted by Gasteiger charge is -2.32. The van der Waals surface area contributed by atoms with Gasteiger partial charge in [-0.1, -0.05) is 50.2 Å². The maximum Gasteiger partial charge on any atom is 0.481 e.